The van der Waals surface area contributed by atoms with Crippen LogP contribution in [0.1, 0.15) is 40.7 Å². The molecule has 106 valence electrons. The number of para-hydroxylation sites is 1. The Morgan fingerprint density at radius 2 is 2.30 bits per heavy atom. The van der Waals surface area contributed by atoms with E-state index in [9.17, 15) is 0 Å². The summed E-state index contributed by atoms with van der Waals surface area (Å²) in [4.78, 5) is 4.52. The Morgan fingerprint density at radius 1 is 1.40 bits per heavy atom. The molecule has 3 rings (SSSR count). The largest absolute Gasteiger partial charge is 0.493 e. The lowest BCUT2D eigenvalue weighted by atomic mass is 10.00. The first-order valence-corrected chi connectivity index (χ1v) is 7.98. The van der Waals surface area contributed by atoms with Crippen LogP contribution in [0.4, 0.5) is 0 Å². The SMILES string of the molecule is Cc1csc(CNC2CCCOc3c(C)cccc32)n1. The number of nitrogens with one attached hydrogen (secondary N) is 1. The molecule has 0 fully saturated rings. The van der Waals surface area contributed by atoms with Crippen LogP contribution in [-0.4, -0.2) is 11.6 Å². The summed E-state index contributed by atoms with van der Waals surface area (Å²) in [6, 6.07) is 6.77. The molecule has 2 aromatic rings. The first kappa shape index (κ1) is 13.6. The minimum absolute atomic E-state index is 0.358. The molecule has 1 aromatic heterocycles. The second kappa shape index (κ2) is 5.94. The number of thiazole rings is 1. The highest BCUT2D eigenvalue weighted by molar-refractivity contribution is 7.09. The fraction of sp³-hybridized carbons (Fsp3) is 0.438. The van der Waals surface area contributed by atoms with Gasteiger partial charge in [-0.05, 0) is 32.3 Å². The van der Waals surface area contributed by atoms with Gasteiger partial charge in [-0.2, -0.15) is 0 Å². The first-order chi connectivity index (χ1) is 9.74. The summed E-state index contributed by atoms with van der Waals surface area (Å²) in [5.41, 5.74) is 3.62. The van der Waals surface area contributed by atoms with Gasteiger partial charge in [0.15, 0.2) is 0 Å². The average molecular weight is 288 g/mol. The van der Waals surface area contributed by atoms with E-state index in [0.29, 0.717) is 6.04 Å². The van der Waals surface area contributed by atoms with E-state index in [0.717, 1.165) is 42.4 Å². The summed E-state index contributed by atoms with van der Waals surface area (Å²) in [6.07, 6.45) is 2.20. The lowest BCUT2D eigenvalue weighted by Gasteiger charge is -2.18. The number of aromatic nitrogens is 1. The quantitative estimate of drug-likeness (QED) is 0.933. The van der Waals surface area contributed by atoms with Crippen molar-refractivity contribution in [2.75, 3.05) is 6.61 Å². The summed E-state index contributed by atoms with van der Waals surface area (Å²) in [7, 11) is 0. The zero-order valence-corrected chi connectivity index (χ0v) is 12.8. The molecule has 20 heavy (non-hydrogen) atoms. The highest BCUT2D eigenvalue weighted by Crippen LogP contribution is 2.34. The summed E-state index contributed by atoms with van der Waals surface area (Å²) >= 11 is 1.72. The Morgan fingerprint density at radius 3 is 3.10 bits per heavy atom. The minimum Gasteiger partial charge on any atom is -0.493 e. The molecule has 0 saturated carbocycles. The topological polar surface area (TPSA) is 34.1 Å². The third-order valence-corrected chi connectivity index (χ3v) is 4.63. The van der Waals surface area contributed by atoms with E-state index in [-0.39, 0.29) is 0 Å². The van der Waals surface area contributed by atoms with Crippen molar-refractivity contribution < 1.29 is 4.74 Å². The van der Waals surface area contributed by atoms with Gasteiger partial charge < -0.3 is 10.1 Å². The number of fused-ring (bicyclic) bond motifs is 1. The summed E-state index contributed by atoms with van der Waals surface area (Å²) in [6.45, 7) is 5.80. The van der Waals surface area contributed by atoms with Crippen molar-refractivity contribution in [3.8, 4) is 5.75 Å². The van der Waals surface area contributed by atoms with Crippen molar-refractivity contribution in [2.45, 2.75) is 39.3 Å². The van der Waals surface area contributed by atoms with Gasteiger partial charge in [-0.25, -0.2) is 4.98 Å². The molecular weight excluding hydrogens is 268 g/mol. The molecule has 0 saturated heterocycles. The molecule has 0 spiro atoms. The average Bonchev–Trinajstić information content (AvgIpc) is 2.73. The van der Waals surface area contributed by atoms with E-state index in [1.165, 1.54) is 11.1 Å². The van der Waals surface area contributed by atoms with Crippen LogP contribution in [0, 0.1) is 13.8 Å². The number of hydrogen-bond acceptors (Lipinski definition) is 4. The molecule has 4 heteroatoms. The molecule has 1 aliphatic heterocycles. The Balaban J connectivity index is 1.78. The normalized spacial score (nSPS) is 18.2. The summed E-state index contributed by atoms with van der Waals surface area (Å²) in [5, 5.41) is 6.90. The Bertz CT molecular complexity index is 594. The van der Waals surface area contributed by atoms with Crippen molar-refractivity contribution in [1.82, 2.24) is 10.3 Å². The van der Waals surface area contributed by atoms with Crippen LogP contribution in [0.5, 0.6) is 5.75 Å². The number of aryl methyl sites for hydroxylation is 2. The third kappa shape index (κ3) is 2.86. The van der Waals surface area contributed by atoms with E-state index in [1.54, 1.807) is 11.3 Å². The molecule has 0 amide bonds. The fourth-order valence-electron chi connectivity index (χ4n) is 2.67. The maximum Gasteiger partial charge on any atom is 0.126 e. The van der Waals surface area contributed by atoms with Crippen molar-refractivity contribution in [3.05, 3.63) is 45.4 Å². The highest BCUT2D eigenvalue weighted by Gasteiger charge is 2.20. The van der Waals surface area contributed by atoms with Crippen molar-refractivity contribution in [1.29, 1.82) is 0 Å². The van der Waals surface area contributed by atoms with E-state index in [4.69, 9.17) is 4.74 Å². The van der Waals surface area contributed by atoms with Gasteiger partial charge in [-0.3, -0.25) is 0 Å². The van der Waals surface area contributed by atoms with Crippen LogP contribution in [0.2, 0.25) is 0 Å². The zero-order valence-electron chi connectivity index (χ0n) is 12.0. The van der Waals surface area contributed by atoms with E-state index < -0.39 is 0 Å². The van der Waals surface area contributed by atoms with E-state index in [2.05, 4.69) is 40.8 Å². The maximum absolute atomic E-state index is 5.91. The smallest absolute Gasteiger partial charge is 0.126 e. The Hall–Kier alpha value is -1.39. The summed E-state index contributed by atoms with van der Waals surface area (Å²) in [5.74, 6) is 1.07. The van der Waals surface area contributed by atoms with Gasteiger partial charge in [0, 0.05) is 29.2 Å². The Labute approximate surface area is 124 Å². The Kier molecular flexibility index (Phi) is 4.03. The van der Waals surface area contributed by atoms with Crippen LogP contribution in [-0.2, 0) is 6.54 Å². The molecule has 0 bridgehead atoms. The molecule has 0 aliphatic carbocycles. The van der Waals surface area contributed by atoms with Crippen molar-refractivity contribution in [2.24, 2.45) is 0 Å². The number of hydrogen-bond donors (Lipinski definition) is 1. The molecular formula is C16H20N2OS. The molecule has 3 nitrogen and oxygen atoms in total. The lowest BCUT2D eigenvalue weighted by molar-refractivity contribution is 0.313. The van der Waals surface area contributed by atoms with Gasteiger partial charge in [0.25, 0.3) is 0 Å². The van der Waals surface area contributed by atoms with Gasteiger partial charge >= 0.3 is 0 Å². The predicted octanol–water partition coefficient (Wildman–Crippen LogP) is 3.76. The van der Waals surface area contributed by atoms with Gasteiger partial charge in [-0.15, -0.1) is 11.3 Å². The fourth-order valence-corrected chi connectivity index (χ4v) is 3.39. The minimum atomic E-state index is 0.358. The monoisotopic (exact) mass is 288 g/mol. The van der Waals surface area contributed by atoms with E-state index in [1.807, 2.05) is 6.92 Å². The molecule has 1 aromatic carbocycles. The van der Waals surface area contributed by atoms with Crippen LogP contribution in [0.15, 0.2) is 23.6 Å². The molecule has 1 atom stereocenters. The molecule has 1 unspecified atom stereocenters. The predicted molar refractivity (Wildman–Crippen MR) is 82.3 cm³/mol. The van der Waals surface area contributed by atoms with Crippen LogP contribution >= 0.6 is 11.3 Å². The second-order valence-corrected chi connectivity index (χ2v) is 6.24. The standard InChI is InChI=1S/C16H20N2OS/c1-11-5-3-6-13-14(7-4-8-19-16(11)13)17-9-15-18-12(2)10-20-15/h3,5-6,10,14,17H,4,7-9H2,1-2H3. The van der Waals surface area contributed by atoms with E-state index >= 15 is 0 Å². The molecule has 2 heterocycles. The number of rotatable bonds is 3. The molecule has 0 radical (unpaired) electrons. The highest BCUT2D eigenvalue weighted by atomic mass is 32.1. The first-order valence-electron chi connectivity index (χ1n) is 7.11. The number of nitrogens with zero attached hydrogens (tertiary/aromatic N) is 1. The molecule has 1 N–H and O–H groups in total. The van der Waals surface area contributed by atoms with Gasteiger partial charge in [0.2, 0.25) is 0 Å². The zero-order chi connectivity index (χ0) is 13.9. The van der Waals surface area contributed by atoms with Gasteiger partial charge in [0.05, 0.1) is 6.61 Å². The van der Waals surface area contributed by atoms with Gasteiger partial charge in [-0.1, -0.05) is 18.2 Å². The van der Waals surface area contributed by atoms with Crippen LogP contribution in [0.25, 0.3) is 0 Å². The molecule has 1 aliphatic rings. The van der Waals surface area contributed by atoms with Crippen LogP contribution < -0.4 is 10.1 Å². The summed E-state index contributed by atoms with van der Waals surface area (Å²) < 4.78 is 5.91. The second-order valence-electron chi connectivity index (χ2n) is 5.30. The third-order valence-electron chi connectivity index (χ3n) is 3.67. The lowest BCUT2D eigenvalue weighted by Crippen LogP contribution is -2.20. The van der Waals surface area contributed by atoms with Gasteiger partial charge in [0.1, 0.15) is 10.8 Å². The number of ether oxygens (including phenoxy) is 1. The van der Waals surface area contributed by atoms with Crippen molar-refractivity contribution >= 4 is 11.3 Å². The van der Waals surface area contributed by atoms with Crippen molar-refractivity contribution in [3.63, 3.8) is 0 Å². The number of benzene rings is 1. The van der Waals surface area contributed by atoms with Crippen LogP contribution in [0.3, 0.4) is 0 Å². The maximum atomic E-state index is 5.91.